The lowest BCUT2D eigenvalue weighted by atomic mass is 9.92. The summed E-state index contributed by atoms with van der Waals surface area (Å²) in [6.45, 7) is 0.883. The second-order valence-corrected chi connectivity index (χ2v) is 7.18. The summed E-state index contributed by atoms with van der Waals surface area (Å²) in [5.74, 6) is -0.379. The van der Waals surface area contributed by atoms with Crippen LogP contribution in [0.15, 0.2) is 60.9 Å². The van der Waals surface area contributed by atoms with E-state index in [9.17, 15) is 14.3 Å². The first-order valence-electron chi connectivity index (χ1n) is 10.00. The number of nitrogens with one attached hydrogen (secondary N) is 1. The van der Waals surface area contributed by atoms with Crippen molar-refractivity contribution in [2.45, 2.75) is 12.3 Å². The fourth-order valence-electron chi connectivity index (χ4n) is 3.37. The van der Waals surface area contributed by atoms with Crippen LogP contribution in [0.2, 0.25) is 0 Å². The number of nitrogens with zero attached hydrogens (tertiary/aromatic N) is 3. The molecule has 0 aliphatic rings. The second-order valence-electron chi connectivity index (χ2n) is 7.18. The number of aliphatic hydroxyl groups excluding tert-OH is 1. The molecule has 0 spiro atoms. The van der Waals surface area contributed by atoms with E-state index >= 15 is 0 Å². The van der Waals surface area contributed by atoms with Gasteiger partial charge in [-0.1, -0.05) is 24.3 Å². The Kier molecular flexibility index (Phi) is 7.50. The van der Waals surface area contributed by atoms with Crippen LogP contribution in [-0.2, 0) is 11.2 Å². The quantitative estimate of drug-likeness (QED) is 0.462. The number of hydrogen-bond acceptors (Lipinski definition) is 6. The summed E-state index contributed by atoms with van der Waals surface area (Å²) in [5.41, 5.74) is 7.89. The summed E-state index contributed by atoms with van der Waals surface area (Å²) < 4.78 is 13.5. The zero-order valence-corrected chi connectivity index (χ0v) is 17.3. The number of halogens is 1. The van der Waals surface area contributed by atoms with E-state index in [0.29, 0.717) is 42.3 Å². The lowest BCUT2D eigenvalue weighted by molar-refractivity contribution is -0.118. The molecule has 8 heteroatoms. The van der Waals surface area contributed by atoms with Gasteiger partial charge in [-0.2, -0.15) is 0 Å². The van der Waals surface area contributed by atoms with Crippen LogP contribution in [0.25, 0.3) is 0 Å². The van der Waals surface area contributed by atoms with E-state index in [0.717, 1.165) is 5.56 Å². The van der Waals surface area contributed by atoms with Gasteiger partial charge >= 0.3 is 0 Å². The topological polar surface area (TPSA) is 104 Å². The maximum Gasteiger partial charge on any atom is 0.229 e. The second kappa shape index (κ2) is 10.5. The number of aromatic nitrogens is 2. The van der Waals surface area contributed by atoms with Crippen molar-refractivity contribution in [3.05, 3.63) is 83.4 Å². The molecule has 0 radical (unpaired) electrons. The minimum Gasteiger partial charge on any atom is -0.395 e. The third-order valence-corrected chi connectivity index (χ3v) is 4.95. The Morgan fingerprint density at radius 3 is 2.77 bits per heavy atom. The molecule has 0 aliphatic heterocycles. The van der Waals surface area contributed by atoms with Crippen LogP contribution < -0.4 is 16.0 Å². The van der Waals surface area contributed by atoms with Gasteiger partial charge in [0.25, 0.3) is 0 Å². The molecule has 162 valence electrons. The predicted molar refractivity (Wildman–Crippen MR) is 118 cm³/mol. The SMILES string of the molecule is CN(CCO)c1ccc(C(C(N)=O)c2cccnc2)c(NCCc2cccc(F)c2)n1. The fraction of sp³-hybridized carbons (Fsp3) is 0.261. The highest BCUT2D eigenvalue weighted by Gasteiger charge is 2.25. The highest BCUT2D eigenvalue weighted by atomic mass is 19.1. The molecule has 7 nitrogen and oxygen atoms in total. The van der Waals surface area contributed by atoms with Crippen LogP contribution in [0, 0.1) is 5.82 Å². The predicted octanol–water partition coefficient (Wildman–Crippen LogP) is 2.32. The molecule has 3 rings (SSSR count). The van der Waals surface area contributed by atoms with Gasteiger partial charge < -0.3 is 21.1 Å². The average molecular weight is 423 g/mol. The van der Waals surface area contributed by atoms with Gasteiger partial charge in [0.2, 0.25) is 5.91 Å². The maximum absolute atomic E-state index is 13.5. The van der Waals surface area contributed by atoms with Gasteiger partial charge in [-0.05, 0) is 41.8 Å². The molecule has 1 atom stereocenters. The number of aliphatic hydroxyl groups is 1. The summed E-state index contributed by atoms with van der Waals surface area (Å²) in [6.07, 6.45) is 3.81. The van der Waals surface area contributed by atoms with Crippen molar-refractivity contribution < 1.29 is 14.3 Å². The molecular formula is C23H26FN5O2. The fourth-order valence-corrected chi connectivity index (χ4v) is 3.37. The molecule has 0 aliphatic carbocycles. The first kappa shape index (κ1) is 22.2. The van der Waals surface area contributed by atoms with Gasteiger partial charge in [0.1, 0.15) is 17.5 Å². The molecule has 4 N–H and O–H groups in total. The lowest BCUT2D eigenvalue weighted by Gasteiger charge is -2.22. The third-order valence-electron chi connectivity index (χ3n) is 4.95. The largest absolute Gasteiger partial charge is 0.395 e. The molecule has 0 saturated carbocycles. The number of pyridine rings is 2. The zero-order chi connectivity index (χ0) is 22.2. The Labute approximate surface area is 180 Å². The minimum atomic E-state index is -0.727. The Morgan fingerprint density at radius 2 is 2.10 bits per heavy atom. The van der Waals surface area contributed by atoms with Crippen molar-refractivity contribution in [2.75, 3.05) is 37.0 Å². The Balaban J connectivity index is 1.92. The van der Waals surface area contributed by atoms with Crippen molar-refractivity contribution in [3.8, 4) is 0 Å². The zero-order valence-electron chi connectivity index (χ0n) is 17.3. The first-order chi connectivity index (χ1) is 15.0. The van der Waals surface area contributed by atoms with Gasteiger partial charge in [-0.15, -0.1) is 0 Å². The van der Waals surface area contributed by atoms with E-state index in [1.165, 1.54) is 12.1 Å². The molecule has 2 heterocycles. The molecule has 3 aromatic rings. The highest BCUT2D eigenvalue weighted by molar-refractivity contribution is 5.87. The van der Waals surface area contributed by atoms with E-state index < -0.39 is 11.8 Å². The molecule has 0 saturated heterocycles. The van der Waals surface area contributed by atoms with Gasteiger partial charge in [-0.3, -0.25) is 9.78 Å². The summed E-state index contributed by atoms with van der Waals surface area (Å²) in [7, 11) is 1.82. The van der Waals surface area contributed by atoms with Crippen LogP contribution >= 0.6 is 0 Å². The van der Waals surface area contributed by atoms with Gasteiger partial charge in [0.15, 0.2) is 0 Å². The average Bonchev–Trinajstić information content (AvgIpc) is 2.75. The van der Waals surface area contributed by atoms with Crippen molar-refractivity contribution in [1.29, 1.82) is 0 Å². The highest BCUT2D eigenvalue weighted by Crippen LogP contribution is 2.30. The molecular weight excluding hydrogens is 397 g/mol. The maximum atomic E-state index is 13.5. The number of rotatable bonds is 10. The number of nitrogens with two attached hydrogens (primary N) is 1. The standard InChI is InChI=1S/C23H26FN5O2/c1-29(12-13-30)20-8-7-19(21(22(25)31)17-5-3-10-26-15-17)23(28-20)27-11-9-16-4-2-6-18(24)14-16/h2-8,10,14-15,21,30H,9,11-13H2,1H3,(H2,25,31)(H,27,28). The third kappa shape index (κ3) is 5.76. The molecule has 1 aromatic carbocycles. The summed E-state index contributed by atoms with van der Waals surface area (Å²) in [5, 5.41) is 12.5. The Morgan fingerprint density at radius 1 is 1.26 bits per heavy atom. The first-order valence-corrected chi connectivity index (χ1v) is 10.00. The van der Waals surface area contributed by atoms with Crippen LogP contribution in [0.1, 0.15) is 22.6 Å². The number of hydrogen-bond donors (Lipinski definition) is 3. The summed E-state index contributed by atoms with van der Waals surface area (Å²) in [6, 6.07) is 13.6. The molecule has 1 amide bonds. The van der Waals surface area contributed by atoms with Gasteiger partial charge in [0.05, 0.1) is 12.5 Å². The molecule has 2 aromatic heterocycles. The number of amides is 1. The van der Waals surface area contributed by atoms with E-state index in [1.54, 1.807) is 36.7 Å². The van der Waals surface area contributed by atoms with Crippen molar-refractivity contribution in [2.24, 2.45) is 5.73 Å². The number of anilines is 2. The number of benzene rings is 1. The lowest BCUT2D eigenvalue weighted by Crippen LogP contribution is -2.26. The van der Waals surface area contributed by atoms with Crippen molar-refractivity contribution in [3.63, 3.8) is 0 Å². The van der Waals surface area contributed by atoms with E-state index in [-0.39, 0.29) is 12.4 Å². The molecule has 31 heavy (non-hydrogen) atoms. The van der Waals surface area contributed by atoms with Crippen molar-refractivity contribution in [1.82, 2.24) is 9.97 Å². The molecule has 1 unspecified atom stereocenters. The summed E-state index contributed by atoms with van der Waals surface area (Å²) in [4.78, 5) is 22.9. The minimum absolute atomic E-state index is 0.0120. The van der Waals surface area contributed by atoms with Crippen LogP contribution in [0.4, 0.5) is 16.0 Å². The van der Waals surface area contributed by atoms with Crippen LogP contribution in [0.3, 0.4) is 0 Å². The van der Waals surface area contributed by atoms with Crippen LogP contribution in [0.5, 0.6) is 0 Å². The number of carbonyl (C=O) groups is 1. The Hall–Kier alpha value is -3.52. The number of carbonyl (C=O) groups excluding carboxylic acids is 1. The van der Waals surface area contributed by atoms with E-state index in [4.69, 9.17) is 5.73 Å². The summed E-state index contributed by atoms with van der Waals surface area (Å²) >= 11 is 0. The molecule has 0 fully saturated rings. The van der Waals surface area contributed by atoms with E-state index in [1.807, 2.05) is 24.1 Å². The van der Waals surface area contributed by atoms with Gasteiger partial charge in [-0.25, -0.2) is 9.37 Å². The van der Waals surface area contributed by atoms with Crippen LogP contribution in [-0.4, -0.2) is 47.7 Å². The normalized spacial score (nSPS) is 11.7. The van der Waals surface area contributed by atoms with Crippen molar-refractivity contribution >= 4 is 17.5 Å². The molecule has 0 bridgehead atoms. The van der Waals surface area contributed by atoms with Gasteiger partial charge in [0, 0.05) is 38.1 Å². The monoisotopic (exact) mass is 423 g/mol. The Bertz CT molecular complexity index is 1020. The van der Waals surface area contributed by atoms with E-state index in [2.05, 4.69) is 15.3 Å². The smallest absolute Gasteiger partial charge is 0.229 e. The number of primary amides is 1. The number of likely N-dealkylation sites (N-methyl/N-ethyl adjacent to an activating group) is 1.